The Hall–Kier alpha value is -2.38. The lowest BCUT2D eigenvalue weighted by atomic mass is 10.00. The molecule has 1 aromatic heterocycles. The van der Waals surface area contributed by atoms with E-state index < -0.39 is 6.23 Å². The topological polar surface area (TPSA) is 103 Å². The van der Waals surface area contributed by atoms with Gasteiger partial charge in [0.1, 0.15) is 6.23 Å². The lowest BCUT2D eigenvalue weighted by molar-refractivity contribution is 0.0953. The molecule has 140 valence electrons. The van der Waals surface area contributed by atoms with Crippen molar-refractivity contribution in [1.82, 2.24) is 15.6 Å². The minimum atomic E-state index is -0.746. The number of carbonyl (C=O) groups is 1. The molecule has 0 spiro atoms. The number of aromatic amines is 1. The number of amides is 1. The van der Waals surface area contributed by atoms with E-state index in [0.717, 1.165) is 39.7 Å². The molecule has 7 heteroatoms. The van der Waals surface area contributed by atoms with E-state index in [4.69, 9.17) is 17.3 Å². The van der Waals surface area contributed by atoms with E-state index in [9.17, 15) is 9.90 Å². The number of H-pyrrole nitrogens is 1. The molecule has 1 unspecified atom stereocenters. The van der Waals surface area contributed by atoms with Gasteiger partial charge in [-0.2, -0.15) is 0 Å². The van der Waals surface area contributed by atoms with Gasteiger partial charge in [0, 0.05) is 51.4 Å². The summed E-state index contributed by atoms with van der Waals surface area (Å²) in [5, 5.41) is 17.7. The molecule has 6 N–H and O–H groups in total. The van der Waals surface area contributed by atoms with Gasteiger partial charge in [-0.3, -0.25) is 10.1 Å². The van der Waals surface area contributed by atoms with E-state index in [1.807, 2.05) is 30.3 Å². The summed E-state index contributed by atoms with van der Waals surface area (Å²) in [5.41, 5.74) is 10.5. The van der Waals surface area contributed by atoms with Crippen molar-refractivity contribution < 1.29 is 9.90 Å². The molecule has 0 radical (unpaired) electrons. The molecule has 0 bridgehead atoms. The van der Waals surface area contributed by atoms with Gasteiger partial charge in [-0.1, -0.05) is 17.7 Å². The van der Waals surface area contributed by atoms with Gasteiger partial charge >= 0.3 is 0 Å². The molecule has 2 heterocycles. The number of carbonyl (C=O) groups excluding carboxylic acids is 1. The minimum absolute atomic E-state index is 0.111. The van der Waals surface area contributed by atoms with Gasteiger partial charge in [0.05, 0.1) is 0 Å². The predicted octanol–water partition coefficient (Wildman–Crippen LogP) is 2.66. The molecule has 4 rings (SSSR count). The molecule has 6 nitrogen and oxygen atoms in total. The number of aliphatic hydroxyl groups excluding tert-OH is 1. The molecule has 1 aliphatic heterocycles. The molecule has 27 heavy (non-hydrogen) atoms. The first-order chi connectivity index (χ1) is 13.1. The molecule has 1 amide bonds. The number of nitrogens with two attached hydrogens (primary N) is 1. The van der Waals surface area contributed by atoms with Crippen LogP contribution in [-0.4, -0.2) is 29.1 Å². The summed E-state index contributed by atoms with van der Waals surface area (Å²) >= 11 is 6.27. The number of halogens is 1. The van der Waals surface area contributed by atoms with Crippen molar-refractivity contribution in [3.8, 4) is 11.3 Å². The van der Waals surface area contributed by atoms with Crippen LogP contribution < -0.4 is 16.4 Å². The maximum absolute atomic E-state index is 12.3. The summed E-state index contributed by atoms with van der Waals surface area (Å²) < 4.78 is 0. The Morgan fingerprint density at radius 1 is 1.30 bits per heavy atom. The first-order valence-corrected chi connectivity index (χ1v) is 9.30. The quantitative estimate of drug-likeness (QED) is 0.436. The zero-order valence-corrected chi connectivity index (χ0v) is 15.4. The predicted molar refractivity (Wildman–Crippen MR) is 107 cm³/mol. The van der Waals surface area contributed by atoms with Gasteiger partial charge < -0.3 is 21.1 Å². The van der Waals surface area contributed by atoms with E-state index in [1.165, 1.54) is 0 Å². The molecular weight excluding hydrogens is 364 g/mol. The monoisotopic (exact) mass is 384 g/mol. The molecule has 0 aliphatic carbocycles. The van der Waals surface area contributed by atoms with Crippen LogP contribution in [0, 0.1) is 0 Å². The second kappa shape index (κ2) is 7.32. The average Bonchev–Trinajstić information content (AvgIpc) is 3.26. The summed E-state index contributed by atoms with van der Waals surface area (Å²) in [6.07, 6.45) is 0.00402. The van der Waals surface area contributed by atoms with E-state index >= 15 is 0 Å². The first-order valence-electron chi connectivity index (χ1n) is 8.92. The van der Waals surface area contributed by atoms with Gasteiger partial charge in [0.15, 0.2) is 0 Å². The first kappa shape index (κ1) is 18.0. The zero-order chi connectivity index (χ0) is 19.0. The highest BCUT2D eigenvalue weighted by molar-refractivity contribution is 6.31. The molecular formula is C20H21ClN4O2. The number of fused-ring (bicyclic) bond motifs is 2. The van der Waals surface area contributed by atoms with Crippen molar-refractivity contribution in [2.24, 2.45) is 5.73 Å². The average molecular weight is 385 g/mol. The van der Waals surface area contributed by atoms with Crippen LogP contribution in [0.25, 0.3) is 22.2 Å². The number of benzene rings is 2. The number of nitrogens with one attached hydrogen (secondary N) is 3. The summed E-state index contributed by atoms with van der Waals surface area (Å²) in [7, 11) is 0. The van der Waals surface area contributed by atoms with Crippen LogP contribution in [0.1, 0.15) is 34.1 Å². The Morgan fingerprint density at radius 2 is 2.15 bits per heavy atom. The van der Waals surface area contributed by atoms with E-state index in [1.54, 1.807) is 6.07 Å². The number of hydrogen-bond donors (Lipinski definition) is 5. The second-order valence-corrected chi connectivity index (χ2v) is 7.06. The Morgan fingerprint density at radius 3 is 2.96 bits per heavy atom. The molecule has 0 saturated carbocycles. The second-order valence-electron chi connectivity index (χ2n) is 6.65. The molecule has 0 saturated heterocycles. The highest BCUT2D eigenvalue weighted by atomic mass is 35.5. The van der Waals surface area contributed by atoms with Crippen LogP contribution in [0.15, 0.2) is 36.4 Å². The van der Waals surface area contributed by atoms with Crippen molar-refractivity contribution in [3.05, 3.63) is 58.1 Å². The third-order valence-electron chi connectivity index (χ3n) is 4.89. The lowest BCUT2D eigenvalue weighted by Gasteiger charge is -2.11. The third-order valence-corrected chi connectivity index (χ3v) is 5.24. The number of rotatable bonds is 5. The zero-order valence-electron chi connectivity index (χ0n) is 14.7. The summed E-state index contributed by atoms with van der Waals surface area (Å²) in [4.78, 5) is 15.6. The van der Waals surface area contributed by atoms with Crippen LogP contribution in [0.3, 0.4) is 0 Å². The molecule has 0 fully saturated rings. The fraction of sp³-hybridized carbons (Fsp3) is 0.250. The fourth-order valence-electron chi connectivity index (χ4n) is 3.49. The largest absolute Gasteiger partial charge is 0.374 e. The molecule has 2 aromatic carbocycles. The van der Waals surface area contributed by atoms with Crippen LogP contribution in [-0.2, 0) is 6.54 Å². The Kier molecular flexibility index (Phi) is 4.88. The van der Waals surface area contributed by atoms with E-state index in [-0.39, 0.29) is 5.91 Å². The molecule has 3 aromatic rings. The Bertz CT molecular complexity index is 1010. The van der Waals surface area contributed by atoms with Crippen molar-refractivity contribution in [2.75, 3.05) is 13.1 Å². The number of aliphatic hydroxyl groups is 1. The third kappa shape index (κ3) is 3.33. The summed E-state index contributed by atoms with van der Waals surface area (Å²) in [5.74, 6) is -0.111. The van der Waals surface area contributed by atoms with Crippen LogP contribution >= 0.6 is 11.6 Å². The minimum Gasteiger partial charge on any atom is -0.374 e. The molecule has 1 atom stereocenters. The molecule has 1 aliphatic rings. The van der Waals surface area contributed by atoms with Gasteiger partial charge in [0.25, 0.3) is 5.91 Å². The SMILES string of the molecule is NCCCNC(=O)c1ccc2[nH]c(-c3ccc(Cl)c4c3C(O)NC4)cc2c1. The van der Waals surface area contributed by atoms with Crippen molar-refractivity contribution in [3.63, 3.8) is 0 Å². The Labute approximate surface area is 161 Å². The van der Waals surface area contributed by atoms with E-state index in [2.05, 4.69) is 15.6 Å². The van der Waals surface area contributed by atoms with Crippen molar-refractivity contribution in [2.45, 2.75) is 19.2 Å². The normalized spacial score (nSPS) is 15.9. The smallest absolute Gasteiger partial charge is 0.251 e. The highest BCUT2D eigenvalue weighted by Gasteiger charge is 2.26. The standard InChI is InChI=1S/C20H21ClN4O2/c21-15-4-3-13(18-14(15)10-24-20(18)27)17-9-12-8-11(2-5-16(12)25-17)19(26)23-7-1-6-22/h2-5,8-9,20,24-25,27H,1,6-7,10,22H2,(H,23,26). The van der Waals surface area contributed by atoms with Crippen LogP contribution in [0.2, 0.25) is 5.02 Å². The maximum Gasteiger partial charge on any atom is 0.251 e. The van der Waals surface area contributed by atoms with Gasteiger partial charge in [0.2, 0.25) is 0 Å². The maximum atomic E-state index is 12.3. The van der Waals surface area contributed by atoms with E-state index in [0.29, 0.717) is 30.2 Å². The summed E-state index contributed by atoms with van der Waals surface area (Å²) in [6, 6.07) is 11.3. The number of hydrogen-bond acceptors (Lipinski definition) is 4. The van der Waals surface area contributed by atoms with Gasteiger partial charge in [-0.05, 0) is 48.9 Å². The summed E-state index contributed by atoms with van der Waals surface area (Å²) in [6.45, 7) is 1.65. The van der Waals surface area contributed by atoms with Gasteiger partial charge in [-0.15, -0.1) is 0 Å². The van der Waals surface area contributed by atoms with Crippen molar-refractivity contribution >= 4 is 28.4 Å². The number of aromatic nitrogens is 1. The van der Waals surface area contributed by atoms with Crippen LogP contribution in [0.5, 0.6) is 0 Å². The highest BCUT2D eigenvalue weighted by Crippen LogP contribution is 2.38. The van der Waals surface area contributed by atoms with Gasteiger partial charge in [-0.25, -0.2) is 0 Å². The van der Waals surface area contributed by atoms with Crippen LogP contribution in [0.4, 0.5) is 0 Å². The Balaban J connectivity index is 1.69. The fourth-order valence-corrected chi connectivity index (χ4v) is 3.72. The van der Waals surface area contributed by atoms with Crippen molar-refractivity contribution in [1.29, 1.82) is 0 Å². The lowest BCUT2D eigenvalue weighted by Crippen LogP contribution is -2.25.